The van der Waals surface area contributed by atoms with Crippen LogP contribution in [0.15, 0.2) is 53.7 Å². The van der Waals surface area contributed by atoms with Crippen LogP contribution in [-0.2, 0) is 15.7 Å². The number of anilines is 1. The fraction of sp³-hybridized carbons (Fsp3) is 0.273. The van der Waals surface area contributed by atoms with Crippen molar-refractivity contribution >= 4 is 29.0 Å². The summed E-state index contributed by atoms with van der Waals surface area (Å²) in [6, 6.07) is 9.03. The molecule has 3 rings (SSSR count). The van der Waals surface area contributed by atoms with Crippen LogP contribution in [0.4, 0.5) is 18.9 Å². The van der Waals surface area contributed by atoms with E-state index in [0.717, 1.165) is 12.1 Å². The van der Waals surface area contributed by atoms with Crippen LogP contribution in [0, 0.1) is 0 Å². The lowest BCUT2D eigenvalue weighted by atomic mass is 9.93. The van der Waals surface area contributed by atoms with Gasteiger partial charge in [-0.05, 0) is 49.5 Å². The maximum atomic E-state index is 13.2. The number of hydrogen-bond acceptors (Lipinski definition) is 5. The van der Waals surface area contributed by atoms with Gasteiger partial charge >= 0.3 is 12.1 Å². The lowest BCUT2D eigenvalue weighted by Crippen LogP contribution is -2.48. The molecule has 0 aliphatic carbocycles. The van der Waals surface area contributed by atoms with E-state index in [1.165, 1.54) is 38.4 Å². The average molecular weight is 466 g/mol. The van der Waals surface area contributed by atoms with Crippen LogP contribution in [0.2, 0.25) is 0 Å². The first-order chi connectivity index (χ1) is 15.1. The van der Waals surface area contributed by atoms with Gasteiger partial charge in [0.15, 0.2) is 5.11 Å². The number of carbonyl (C=O) groups excluding carboxylic acids is 1. The van der Waals surface area contributed by atoms with E-state index in [2.05, 4.69) is 5.32 Å². The second kappa shape index (κ2) is 9.07. The number of benzene rings is 2. The van der Waals surface area contributed by atoms with Crippen molar-refractivity contribution in [3.8, 4) is 11.5 Å². The normalized spacial score (nSPS) is 16.5. The van der Waals surface area contributed by atoms with E-state index in [0.29, 0.717) is 22.8 Å². The number of rotatable bonds is 5. The summed E-state index contributed by atoms with van der Waals surface area (Å²) in [4.78, 5) is 14.1. The number of esters is 1. The molecule has 0 fully saturated rings. The number of ether oxygens (including phenoxy) is 3. The number of methoxy groups -OCH3 is 3. The molecule has 0 spiro atoms. The average Bonchev–Trinajstić information content (AvgIpc) is 2.77. The third kappa shape index (κ3) is 4.36. The minimum atomic E-state index is -4.53. The van der Waals surface area contributed by atoms with Crippen molar-refractivity contribution in [2.45, 2.75) is 19.1 Å². The van der Waals surface area contributed by atoms with Crippen LogP contribution in [0.5, 0.6) is 11.5 Å². The number of nitrogens with one attached hydrogen (secondary N) is 1. The van der Waals surface area contributed by atoms with Crippen molar-refractivity contribution in [1.82, 2.24) is 5.32 Å². The Bertz CT molecular complexity index is 1090. The molecule has 2 aromatic carbocycles. The Kier molecular flexibility index (Phi) is 6.63. The molecule has 1 unspecified atom stereocenters. The molecule has 1 N–H and O–H groups in total. The lowest BCUT2D eigenvalue weighted by Gasteiger charge is -2.38. The Morgan fingerprint density at radius 2 is 1.81 bits per heavy atom. The monoisotopic (exact) mass is 466 g/mol. The maximum absolute atomic E-state index is 13.2. The second-order valence-electron chi connectivity index (χ2n) is 6.86. The predicted octanol–water partition coefficient (Wildman–Crippen LogP) is 4.61. The van der Waals surface area contributed by atoms with E-state index in [-0.39, 0.29) is 16.4 Å². The number of alkyl halides is 3. The summed E-state index contributed by atoms with van der Waals surface area (Å²) in [5.41, 5.74) is 0.435. The molecule has 1 atom stereocenters. The van der Waals surface area contributed by atoms with E-state index in [4.69, 9.17) is 26.4 Å². The molecule has 32 heavy (non-hydrogen) atoms. The van der Waals surface area contributed by atoms with E-state index in [9.17, 15) is 18.0 Å². The van der Waals surface area contributed by atoms with E-state index in [1.807, 2.05) is 0 Å². The van der Waals surface area contributed by atoms with Crippen LogP contribution in [0.3, 0.4) is 0 Å². The first-order valence-electron chi connectivity index (χ1n) is 9.41. The largest absolute Gasteiger partial charge is 0.497 e. The Morgan fingerprint density at radius 1 is 1.09 bits per heavy atom. The molecule has 170 valence electrons. The zero-order chi connectivity index (χ0) is 23.6. The summed E-state index contributed by atoms with van der Waals surface area (Å²) in [5, 5.41) is 3.17. The molecule has 2 aromatic rings. The predicted molar refractivity (Wildman–Crippen MR) is 117 cm³/mol. The van der Waals surface area contributed by atoms with E-state index >= 15 is 0 Å². The zero-order valence-electron chi connectivity index (χ0n) is 17.7. The van der Waals surface area contributed by atoms with Gasteiger partial charge in [-0.15, -0.1) is 0 Å². The second-order valence-corrected chi connectivity index (χ2v) is 7.25. The van der Waals surface area contributed by atoms with E-state index < -0.39 is 23.8 Å². The molecule has 0 saturated heterocycles. The van der Waals surface area contributed by atoms with Gasteiger partial charge in [-0.1, -0.05) is 6.07 Å². The third-order valence-electron chi connectivity index (χ3n) is 5.07. The Labute approximate surface area is 188 Å². The molecule has 1 aliphatic heterocycles. The van der Waals surface area contributed by atoms with Gasteiger partial charge in [0.2, 0.25) is 0 Å². The van der Waals surface area contributed by atoms with E-state index in [1.54, 1.807) is 25.1 Å². The van der Waals surface area contributed by atoms with Crippen LogP contribution in [0.1, 0.15) is 24.1 Å². The molecular weight excluding hydrogens is 445 g/mol. The van der Waals surface area contributed by atoms with Gasteiger partial charge in [0.1, 0.15) is 11.5 Å². The highest BCUT2D eigenvalue weighted by Crippen LogP contribution is 2.40. The first-order valence-corrected chi connectivity index (χ1v) is 9.82. The summed E-state index contributed by atoms with van der Waals surface area (Å²) < 4.78 is 55.4. The van der Waals surface area contributed by atoms with Crippen LogP contribution < -0.4 is 19.7 Å². The van der Waals surface area contributed by atoms with Crippen LogP contribution in [-0.4, -0.2) is 32.4 Å². The van der Waals surface area contributed by atoms with Crippen molar-refractivity contribution in [1.29, 1.82) is 0 Å². The summed E-state index contributed by atoms with van der Waals surface area (Å²) in [6.07, 6.45) is -4.53. The SMILES string of the molecule is COC(=O)C1=C(C)N(c2cccc(C(F)(F)F)c2)C(=S)NC1c1ccc(OC)cc1OC. The highest BCUT2D eigenvalue weighted by Gasteiger charge is 2.37. The smallest absolute Gasteiger partial charge is 0.416 e. The fourth-order valence-corrected chi connectivity index (χ4v) is 3.90. The van der Waals surface area contributed by atoms with Crippen molar-refractivity contribution in [2.24, 2.45) is 0 Å². The molecular formula is C22H21F3N2O4S. The molecule has 0 bridgehead atoms. The number of thiocarbonyl (C=S) groups is 1. The minimum absolute atomic E-state index is 0.123. The Hall–Kier alpha value is -3.27. The van der Waals surface area contributed by atoms with Gasteiger partial charge in [0.05, 0.1) is 38.5 Å². The third-order valence-corrected chi connectivity index (χ3v) is 5.37. The van der Waals surface area contributed by atoms with Gasteiger partial charge < -0.3 is 19.5 Å². The number of allylic oxidation sites excluding steroid dienone is 1. The molecule has 0 saturated carbocycles. The molecule has 10 heteroatoms. The number of halogens is 3. The quantitative estimate of drug-likeness (QED) is 0.510. The van der Waals surface area contributed by atoms with Crippen LogP contribution >= 0.6 is 12.2 Å². The maximum Gasteiger partial charge on any atom is 0.416 e. The number of hydrogen-bond donors (Lipinski definition) is 1. The molecule has 0 radical (unpaired) electrons. The fourth-order valence-electron chi connectivity index (χ4n) is 3.54. The summed E-state index contributed by atoms with van der Waals surface area (Å²) in [6.45, 7) is 1.60. The van der Waals surface area contributed by atoms with Crippen LogP contribution in [0.25, 0.3) is 0 Å². The van der Waals surface area contributed by atoms with Gasteiger partial charge in [-0.25, -0.2) is 4.79 Å². The number of nitrogens with zero attached hydrogens (tertiary/aromatic N) is 1. The highest BCUT2D eigenvalue weighted by molar-refractivity contribution is 7.80. The van der Waals surface area contributed by atoms with Gasteiger partial charge in [0, 0.05) is 23.0 Å². The number of carbonyl (C=O) groups is 1. The van der Waals surface area contributed by atoms with Crippen molar-refractivity contribution < 1.29 is 32.2 Å². The topological polar surface area (TPSA) is 60.0 Å². The standard InChI is InChI=1S/C22H21F3N2O4S/c1-12-18(20(28)31-4)19(16-9-8-15(29-2)11-17(16)30-3)26-21(32)27(12)14-7-5-6-13(10-14)22(23,24)25/h5-11,19H,1-4H3,(H,26,32). The summed E-state index contributed by atoms with van der Waals surface area (Å²) >= 11 is 5.49. The van der Waals surface area contributed by atoms with Gasteiger partial charge in [0.25, 0.3) is 0 Å². The first kappa shape index (κ1) is 23.4. The highest BCUT2D eigenvalue weighted by atomic mass is 32.1. The summed E-state index contributed by atoms with van der Waals surface area (Å²) in [5.74, 6) is 0.332. The Balaban J connectivity index is 2.17. The van der Waals surface area contributed by atoms with Gasteiger partial charge in [-0.3, -0.25) is 4.90 Å². The summed E-state index contributed by atoms with van der Waals surface area (Å²) in [7, 11) is 4.22. The molecule has 0 amide bonds. The molecule has 1 aliphatic rings. The van der Waals surface area contributed by atoms with Crippen molar-refractivity contribution in [2.75, 3.05) is 26.2 Å². The zero-order valence-corrected chi connectivity index (χ0v) is 18.6. The van der Waals surface area contributed by atoms with Gasteiger partial charge in [-0.2, -0.15) is 13.2 Å². The molecule has 0 aromatic heterocycles. The Morgan fingerprint density at radius 3 is 2.41 bits per heavy atom. The molecule has 6 nitrogen and oxygen atoms in total. The van der Waals surface area contributed by atoms with Crippen molar-refractivity contribution in [3.05, 3.63) is 64.9 Å². The lowest BCUT2D eigenvalue weighted by molar-refractivity contribution is -0.138. The molecule has 1 heterocycles. The van der Waals surface area contributed by atoms with Crippen molar-refractivity contribution in [3.63, 3.8) is 0 Å². The minimum Gasteiger partial charge on any atom is -0.497 e.